The highest BCUT2D eigenvalue weighted by Crippen LogP contribution is 2.35. The second-order valence-corrected chi connectivity index (χ2v) is 4.02. The summed E-state index contributed by atoms with van der Waals surface area (Å²) in [5.41, 5.74) is -0.874. The van der Waals surface area contributed by atoms with Crippen LogP contribution in [0.15, 0.2) is 18.3 Å². The molecule has 8 heteroatoms. The number of anilines is 1. The SMILES string of the molecule is O=C(O)C1CN(c2ncccc2C(F)(F)F)CCO1. The van der Waals surface area contributed by atoms with Gasteiger partial charge in [-0.3, -0.25) is 0 Å². The summed E-state index contributed by atoms with van der Waals surface area (Å²) in [6.45, 7) is 0.0597. The van der Waals surface area contributed by atoms with E-state index >= 15 is 0 Å². The van der Waals surface area contributed by atoms with Gasteiger partial charge in [0.1, 0.15) is 5.82 Å². The van der Waals surface area contributed by atoms with Crippen molar-refractivity contribution in [1.82, 2.24) is 4.98 Å². The van der Waals surface area contributed by atoms with E-state index in [1.807, 2.05) is 0 Å². The number of carbonyl (C=O) groups is 1. The highest BCUT2D eigenvalue weighted by molar-refractivity contribution is 5.73. The molecule has 1 aromatic heterocycles. The number of pyridine rings is 1. The van der Waals surface area contributed by atoms with Crippen LogP contribution in [0.25, 0.3) is 0 Å². The van der Waals surface area contributed by atoms with Gasteiger partial charge >= 0.3 is 12.1 Å². The van der Waals surface area contributed by atoms with Crippen LogP contribution in [-0.4, -0.2) is 41.9 Å². The Morgan fingerprint density at radius 2 is 2.26 bits per heavy atom. The summed E-state index contributed by atoms with van der Waals surface area (Å²) in [6.07, 6.45) is -4.42. The Morgan fingerprint density at radius 3 is 2.89 bits per heavy atom. The third kappa shape index (κ3) is 2.95. The van der Waals surface area contributed by atoms with E-state index in [1.54, 1.807) is 0 Å². The van der Waals surface area contributed by atoms with Crippen LogP contribution in [0.5, 0.6) is 0 Å². The normalized spacial score (nSPS) is 20.4. The molecule has 0 aromatic carbocycles. The van der Waals surface area contributed by atoms with Crippen LogP contribution in [0.2, 0.25) is 0 Å². The minimum Gasteiger partial charge on any atom is -0.479 e. The molecule has 104 valence electrons. The lowest BCUT2D eigenvalue weighted by Gasteiger charge is -2.33. The summed E-state index contributed by atoms with van der Waals surface area (Å²) in [4.78, 5) is 15.8. The van der Waals surface area contributed by atoms with E-state index in [9.17, 15) is 18.0 Å². The van der Waals surface area contributed by atoms with Crippen molar-refractivity contribution in [2.24, 2.45) is 0 Å². The number of carboxylic acids is 1. The van der Waals surface area contributed by atoms with E-state index in [4.69, 9.17) is 9.84 Å². The van der Waals surface area contributed by atoms with Gasteiger partial charge < -0.3 is 14.7 Å². The van der Waals surface area contributed by atoms with Gasteiger partial charge in [0.2, 0.25) is 0 Å². The van der Waals surface area contributed by atoms with Gasteiger partial charge in [0.05, 0.1) is 18.7 Å². The van der Waals surface area contributed by atoms with E-state index in [1.165, 1.54) is 17.2 Å². The molecule has 1 fully saturated rings. The van der Waals surface area contributed by atoms with E-state index in [0.29, 0.717) is 0 Å². The van der Waals surface area contributed by atoms with E-state index in [2.05, 4.69) is 4.98 Å². The van der Waals surface area contributed by atoms with Crippen LogP contribution in [0.1, 0.15) is 5.56 Å². The first kappa shape index (κ1) is 13.6. The maximum absolute atomic E-state index is 12.8. The quantitative estimate of drug-likeness (QED) is 0.884. The number of nitrogens with zero attached hydrogens (tertiary/aromatic N) is 2. The standard InChI is InChI=1S/C11H11F3N2O3/c12-11(13,14)7-2-1-3-15-9(7)16-4-5-19-8(6-16)10(17)18/h1-3,8H,4-6H2,(H,17,18). The topological polar surface area (TPSA) is 62.7 Å². The number of morpholine rings is 1. The van der Waals surface area contributed by atoms with Crippen LogP contribution in [0.3, 0.4) is 0 Å². The average Bonchev–Trinajstić information content (AvgIpc) is 2.38. The fraction of sp³-hybridized carbons (Fsp3) is 0.455. The molecule has 1 atom stereocenters. The Hall–Kier alpha value is -1.83. The number of aliphatic carboxylic acids is 1. The number of rotatable bonds is 2. The second kappa shape index (κ2) is 5.04. The Morgan fingerprint density at radius 1 is 1.53 bits per heavy atom. The van der Waals surface area contributed by atoms with E-state index in [0.717, 1.165) is 6.07 Å². The van der Waals surface area contributed by atoms with Gasteiger partial charge in [-0.05, 0) is 12.1 Å². The third-order valence-corrected chi connectivity index (χ3v) is 2.73. The Labute approximate surface area is 106 Å². The zero-order valence-corrected chi connectivity index (χ0v) is 9.72. The molecule has 0 bridgehead atoms. The average molecular weight is 276 g/mol. The van der Waals surface area contributed by atoms with Crippen LogP contribution >= 0.6 is 0 Å². The molecule has 1 saturated heterocycles. The number of ether oxygens (including phenoxy) is 1. The van der Waals surface area contributed by atoms with Crippen LogP contribution in [0.4, 0.5) is 19.0 Å². The lowest BCUT2D eigenvalue weighted by atomic mass is 10.2. The summed E-state index contributed by atoms with van der Waals surface area (Å²) < 4.78 is 43.5. The number of hydrogen-bond donors (Lipinski definition) is 1. The monoisotopic (exact) mass is 276 g/mol. The molecular weight excluding hydrogens is 265 g/mol. The molecule has 0 saturated carbocycles. The van der Waals surface area contributed by atoms with Crippen molar-refractivity contribution >= 4 is 11.8 Å². The molecule has 2 heterocycles. The Bertz CT molecular complexity index is 478. The number of halogens is 3. The van der Waals surface area contributed by atoms with Crippen LogP contribution in [0, 0.1) is 0 Å². The lowest BCUT2D eigenvalue weighted by molar-refractivity contribution is -0.150. The highest BCUT2D eigenvalue weighted by atomic mass is 19.4. The second-order valence-electron chi connectivity index (χ2n) is 4.02. The largest absolute Gasteiger partial charge is 0.479 e. The van der Waals surface area contributed by atoms with Gasteiger partial charge in [-0.1, -0.05) is 0 Å². The minimum atomic E-state index is -4.53. The van der Waals surface area contributed by atoms with Crippen LogP contribution < -0.4 is 4.90 Å². The molecule has 1 aliphatic rings. The number of aromatic nitrogens is 1. The molecule has 1 aliphatic heterocycles. The predicted molar refractivity (Wildman–Crippen MR) is 58.8 cm³/mol. The molecule has 1 N–H and O–H groups in total. The van der Waals surface area contributed by atoms with Gasteiger partial charge in [-0.2, -0.15) is 13.2 Å². The van der Waals surface area contributed by atoms with Gasteiger partial charge in [0, 0.05) is 12.7 Å². The highest BCUT2D eigenvalue weighted by Gasteiger charge is 2.37. The molecule has 0 aliphatic carbocycles. The number of carboxylic acid groups (broad SMARTS) is 1. The maximum Gasteiger partial charge on any atom is 0.419 e. The van der Waals surface area contributed by atoms with Crippen molar-refractivity contribution in [1.29, 1.82) is 0 Å². The number of alkyl halides is 3. The Balaban J connectivity index is 2.29. The number of hydrogen-bond acceptors (Lipinski definition) is 4. The van der Waals surface area contributed by atoms with Crippen molar-refractivity contribution in [3.8, 4) is 0 Å². The molecule has 2 rings (SSSR count). The van der Waals surface area contributed by atoms with Gasteiger partial charge in [-0.15, -0.1) is 0 Å². The minimum absolute atomic E-state index is 0.0465. The summed E-state index contributed by atoms with van der Waals surface area (Å²) in [6, 6.07) is 2.12. The van der Waals surface area contributed by atoms with Crippen molar-refractivity contribution in [3.63, 3.8) is 0 Å². The Kier molecular flexibility index (Phi) is 3.61. The molecule has 0 spiro atoms. The summed E-state index contributed by atoms with van der Waals surface area (Å²) in [7, 11) is 0. The van der Waals surface area contributed by atoms with Crippen molar-refractivity contribution in [3.05, 3.63) is 23.9 Å². The summed E-state index contributed by atoms with van der Waals surface area (Å²) >= 11 is 0. The molecule has 1 aromatic rings. The summed E-state index contributed by atoms with van der Waals surface area (Å²) in [5, 5.41) is 8.84. The van der Waals surface area contributed by atoms with Gasteiger partial charge in [-0.25, -0.2) is 9.78 Å². The van der Waals surface area contributed by atoms with E-state index in [-0.39, 0.29) is 25.5 Å². The lowest BCUT2D eigenvalue weighted by Crippen LogP contribution is -2.47. The fourth-order valence-corrected chi connectivity index (χ4v) is 1.86. The van der Waals surface area contributed by atoms with Crippen molar-refractivity contribution < 1.29 is 27.8 Å². The smallest absolute Gasteiger partial charge is 0.419 e. The molecule has 19 heavy (non-hydrogen) atoms. The maximum atomic E-state index is 12.8. The fourth-order valence-electron chi connectivity index (χ4n) is 1.86. The predicted octanol–water partition coefficient (Wildman–Crippen LogP) is 1.39. The molecule has 5 nitrogen and oxygen atoms in total. The zero-order valence-electron chi connectivity index (χ0n) is 9.72. The first-order chi connectivity index (χ1) is 8.89. The zero-order chi connectivity index (χ0) is 14.0. The molecule has 0 amide bonds. The molecular formula is C11H11F3N2O3. The van der Waals surface area contributed by atoms with Crippen molar-refractivity contribution in [2.75, 3.05) is 24.6 Å². The van der Waals surface area contributed by atoms with Crippen LogP contribution in [-0.2, 0) is 15.7 Å². The third-order valence-electron chi connectivity index (χ3n) is 2.73. The first-order valence-electron chi connectivity index (χ1n) is 5.51. The van der Waals surface area contributed by atoms with E-state index < -0.39 is 23.8 Å². The van der Waals surface area contributed by atoms with Crippen molar-refractivity contribution in [2.45, 2.75) is 12.3 Å². The first-order valence-corrected chi connectivity index (χ1v) is 5.51. The van der Waals surface area contributed by atoms with Gasteiger partial charge in [0.15, 0.2) is 6.10 Å². The summed E-state index contributed by atoms with van der Waals surface area (Å²) in [5.74, 6) is -1.46. The van der Waals surface area contributed by atoms with Gasteiger partial charge in [0.25, 0.3) is 0 Å². The molecule has 1 unspecified atom stereocenters. The molecule has 0 radical (unpaired) electrons.